The van der Waals surface area contributed by atoms with Crippen molar-refractivity contribution in [1.29, 1.82) is 0 Å². The molecule has 4 aliphatic carbocycles. The smallest absolute Gasteiger partial charge is 0.287 e. The highest BCUT2D eigenvalue weighted by atomic mass is 32.2. The lowest BCUT2D eigenvalue weighted by atomic mass is 9.49. The molecule has 0 radical (unpaired) electrons. The summed E-state index contributed by atoms with van der Waals surface area (Å²) < 4.78 is 31.7. The average molecular weight is 990 g/mol. The van der Waals surface area contributed by atoms with Gasteiger partial charge in [0.25, 0.3) is 10.1 Å². The summed E-state index contributed by atoms with van der Waals surface area (Å²) in [6.07, 6.45) is 17.2. The molecule has 6 amide bonds. The van der Waals surface area contributed by atoms with Crippen LogP contribution in [0, 0.1) is 40.9 Å². The molecule has 0 aromatic carbocycles. The molecule has 0 aromatic heterocycles. The summed E-state index contributed by atoms with van der Waals surface area (Å²) in [6.45, 7) is 13.1. The summed E-state index contributed by atoms with van der Waals surface area (Å²) in [5.41, 5.74) is 9.25. The number of nitrogens with one attached hydrogen (secondary N) is 6. The molecule has 19 heteroatoms. The van der Waals surface area contributed by atoms with Gasteiger partial charge in [0.15, 0.2) is 0 Å². The van der Waals surface area contributed by atoms with Gasteiger partial charge >= 0.3 is 0 Å². The van der Waals surface area contributed by atoms with Crippen LogP contribution in [0.25, 0.3) is 10.4 Å². The predicted octanol–water partition coefficient (Wildman–Crippen LogP) is 7.30. The molecule has 18 nitrogen and oxygen atoms in total. The third kappa shape index (κ3) is 24.9. The first-order chi connectivity index (χ1) is 32.6. The van der Waals surface area contributed by atoms with Crippen LogP contribution >= 0.6 is 0 Å². The van der Waals surface area contributed by atoms with E-state index in [9.17, 15) is 37.2 Å². The molecule has 4 fully saturated rings. The van der Waals surface area contributed by atoms with E-state index in [2.05, 4.69) is 41.9 Å². The van der Waals surface area contributed by atoms with Gasteiger partial charge in [0.2, 0.25) is 35.4 Å². The molecule has 4 saturated carbocycles. The minimum Gasteiger partial charge on any atom is -0.356 e. The van der Waals surface area contributed by atoms with Crippen LogP contribution in [0.15, 0.2) is 16.6 Å². The van der Waals surface area contributed by atoms with Crippen molar-refractivity contribution < 1.29 is 41.7 Å². The lowest BCUT2D eigenvalue weighted by Gasteiger charge is -2.56. The Morgan fingerprint density at radius 1 is 0.652 bits per heavy atom. The van der Waals surface area contributed by atoms with Crippen LogP contribution in [0.4, 0.5) is 0 Å². The van der Waals surface area contributed by atoms with Crippen molar-refractivity contribution in [3.05, 3.63) is 21.9 Å². The Morgan fingerprint density at radius 3 is 1.74 bits per heavy atom. The zero-order valence-electron chi connectivity index (χ0n) is 42.6. The zero-order valence-corrected chi connectivity index (χ0v) is 43.4. The second-order valence-electron chi connectivity index (χ2n) is 21.9. The van der Waals surface area contributed by atoms with Crippen LogP contribution in [0.5, 0.6) is 0 Å². The van der Waals surface area contributed by atoms with Gasteiger partial charge < -0.3 is 31.9 Å². The number of carbonyl (C=O) groups excluding carboxylic acids is 6. The largest absolute Gasteiger partial charge is 0.356 e. The van der Waals surface area contributed by atoms with Gasteiger partial charge in [-0.3, -0.25) is 33.3 Å². The minimum absolute atomic E-state index is 0.0506. The fourth-order valence-electron chi connectivity index (χ4n) is 11.1. The number of azide groups is 1. The van der Waals surface area contributed by atoms with E-state index < -0.39 is 34.3 Å². The second kappa shape index (κ2) is 30.5. The molecular formula is C50H87N9O9S. The highest BCUT2D eigenvalue weighted by Gasteiger charge is 2.51. The monoisotopic (exact) mass is 990 g/mol. The molecule has 0 saturated heterocycles. The molecule has 0 aromatic rings. The van der Waals surface area contributed by atoms with Gasteiger partial charge in [0.05, 0.1) is 5.41 Å². The fraction of sp³-hybridized carbons (Fsp3) is 0.840. The van der Waals surface area contributed by atoms with Gasteiger partial charge in [0.1, 0.15) is 12.1 Å². The van der Waals surface area contributed by atoms with E-state index >= 15 is 0 Å². The number of unbranched alkanes of at least 4 members (excludes halogenated alkanes) is 5. The van der Waals surface area contributed by atoms with Crippen molar-refractivity contribution in [2.45, 2.75) is 207 Å². The standard InChI is InChI=1S/C50H87N9O9S/c1-34(2)23-40(18-22-69(66,67)68)55-46(62)29-41(24-35(3)4)56-49(65)43(25-36(5)6)57-45(61)17-10-8-12-19-52-44(60)16-9-7-13-21-54-48(64)42(58-59-51)15-11-14-20-53-47(63)33-50-30-37-26-38(31-50)28-39(27-37)32-50/h18,22,34-43H,7-17,19-21,23-33H2,1-6H3,(H,52,60)(H,53,63)(H,54,64)(H,55,62)(H,56,65)(H,57,61)(H,66,67,68)/b22-18+/t37?,38?,39?,40-,41-,42-,43-,50?/m0/s1. The molecule has 0 unspecified atom stereocenters. The molecular weight excluding hydrogens is 903 g/mol. The highest BCUT2D eigenvalue weighted by molar-refractivity contribution is 7.88. The van der Waals surface area contributed by atoms with Crippen LogP contribution in [-0.2, 0) is 38.9 Å². The maximum absolute atomic E-state index is 13.5. The van der Waals surface area contributed by atoms with E-state index in [0.29, 0.717) is 109 Å². The van der Waals surface area contributed by atoms with Gasteiger partial charge in [-0.2, -0.15) is 8.42 Å². The topological polar surface area (TPSA) is 278 Å². The second-order valence-corrected chi connectivity index (χ2v) is 23.2. The molecule has 4 atom stereocenters. The number of rotatable bonds is 35. The SMILES string of the molecule is CC(C)C[C@@H](CC(=O)N[C@@H](/C=C/S(=O)(=O)O)CC(C)C)NC(=O)[C@H](CC(C)C)NC(=O)CCCCCNC(=O)CCCCCNC(=O)[C@H](CCCCNC(=O)CC12CC3CC(CC(C3)C1)C2)N=[N+]=[N-]. The maximum atomic E-state index is 13.5. The lowest BCUT2D eigenvalue weighted by Crippen LogP contribution is -2.51. The van der Waals surface area contributed by atoms with E-state index in [-0.39, 0.29) is 71.5 Å². The van der Waals surface area contributed by atoms with E-state index in [0.717, 1.165) is 24.2 Å². The first-order valence-electron chi connectivity index (χ1n) is 26.0. The van der Waals surface area contributed by atoms with Crippen molar-refractivity contribution in [3.63, 3.8) is 0 Å². The Labute approximate surface area is 412 Å². The summed E-state index contributed by atoms with van der Waals surface area (Å²) in [7, 11) is -4.37. The van der Waals surface area contributed by atoms with Gasteiger partial charge in [0, 0.05) is 62.3 Å². The Bertz CT molecular complexity index is 1820. The highest BCUT2D eigenvalue weighted by Crippen LogP contribution is 2.61. The maximum Gasteiger partial charge on any atom is 0.287 e. The van der Waals surface area contributed by atoms with Crippen LogP contribution in [0.3, 0.4) is 0 Å². The first kappa shape index (κ1) is 59.1. The average Bonchev–Trinajstić information content (AvgIpc) is 3.22. The fourth-order valence-corrected chi connectivity index (χ4v) is 11.5. The predicted molar refractivity (Wildman–Crippen MR) is 267 cm³/mol. The van der Waals surface area contributed by atoms with E-state index in [1.807, 2.05) is 41.5 Å². The quantitative estimate of drug-likeness (QED) is 0.0110. The van der Waals surface area contributed by atoms with Crippen molar-refractivity contribution in [3.8, 4) is 0 Å². The Morgan fingerprint density at radius 2 is 1.19 bits per heavy atom. The molecule has 392 valence electrons. The van der Waals surface area contributed by atoms with E-state index in [1.165, 1.54) is 44.6 Å². The Balaban J connectivity index is 1.25. The lowest BCUT2D eigenvalue weighted by molar-refractivity contribution is -0.130. The zero-order chi connectivity index (χ0) is 51.0. The molecule has 0 heterocycles. The van der Waals surface area contributed by atoms with Crippen molar-refractivity contribution in [2.75, 3.05) is 19.6 Å². The third-order valence-corrected chi connectivity index (χ3v) is 14.2. The van der Waals surface area contributed by atoms with E-state index in [4.69, 9.17) is 10.1 Å². The number of hydrogen-bond donors (Lipinski definition) is 7. The van der Waals surface area contributed by atoms with Crippen LogP contribution in [0.2, 0.25) is 0 Å². The van der Waals surface area contributed by atoms with Gasteiger partial charge in [-0.15, -0.1) is 0 Å². The summed E-state index contributed by atoms with van der Waals surface area (Å²) in [4.78, 5) is 80.4. The normalized spacial score (nSPS) is 21.3. The van der Waals surface area contributed by atoms with E-state index in [1.54, 1.807) is 0 Å². The molecule has 4 aliphatic rings. The van der Waals surface area contributed by atoms with Crippen LogP contribution in [-0.4, -0.2) is 92.2 Å². The van der Waals surface area contributed by atoms with Crippen molar-refractivity contribution in [2.24, 2.45) is 46.0 Å². The Kier molecular flexibility index (Phi) is 26.1. The summed E-state index contributed by atoms with van der Waals surface area (Å²) >= 11 is 0. The van der Waals surface area contributed by atoms with Crippen molar-refractivity contribution in [1.82, 2.24) is 31.9 Å². The van der Waals surface area contributed by atoms with Crippen molar-refractivity contribution >= 4 is 45.6 Å². The van der Waals surface area contributed by atoms with Gasteiger partial charge in [-0.1, -0.05) is 65.9 Å². The Hall–Kier alpha value is -4.22. The van der Waals surface area contributed by atoms with Gasteiger partial charge in [-0.05, 0) is 149 Å². The number of amides is 6. The first-order valence-corrected chi connectivity index (χ1v) is 27.5. The minimum atomic E-state index is -4.37. The number of hydrogen-bond acceptors (Lipinski definition) is 9. The van der Waals surface area contributed by atoms with Crippen LogP contribution in [0.1, 0.15) is 183 Å². The van der Waals surface area contributed by atoms with Crippen LogP contribution < -0.4 is 31.9 Å². The summed E-state index contributed by atoms with van der Waals surface area (Å²) in [5, 5.41) is 21.9. The summed E-state index contributed by atoms with van der Waals surface area (Å²) in [6, 6.07) is -2.77. The molecule has 0 aliphatic heterocycles. The van der Waals surface area contributed by atoms with Gasteiger partial charge in [-0.25, -0.2) is 0 Å². The molecule has 4 rings (SSSR count). The molecule has 69 heavy (non-hydrogen) atoms. The number of carbonyl (C=O) groups is 6. The third-order valence-electron chi connectivity index (χ3n) is 13.7. The molecule has 7 N–H and O–H groups in total. The number of nitrogens with zero attached hydrogens (tertiary/aromatic N) is 3. The summed E-state index contributed by atoms with van der Waals surface area (Å²) in [5.74, 6) is 1.53. The molecule has 4 bridgehead atoms. The molecule has 0 spiro atoms.